The number of non-ortho nitro benzene ring substituents is 2. The van der Waals surface area contributed by atoms with Gasteiger partial charge in [0.1, 0.15) is 0 Å². The third-order valence-electron chi connectivity index (χ3n) is 12.8. The molecule has 4 aliphatic carbocycles. The normalized spacial score (nSPS) is 15.3. The van der Waals surface area contributed by atoms with Crippen LogP contribution in [0.3, 0.4) is 0 Å². The van der Waals surface area contributed by atoms with E-state index in [9.17, 15) is 20.2 Å². The summed E-state index contributed by atoms with van der Waals surface area (Å²) in [4.78, 5) is 22.4. The molecule has 0 unspecified atom stereocenters. The molecule has 6 aromatic carbocycles. The highest BCUT2D eigenvalue weighted by Gasteiger charge is 2.53. The Labute approximate surface area is 359 Å². The Morgan fingerprint density at radius 2 is 0.793 bits per heavy atom. The molecule has 8 aromatic rings. The molecule has 0 N–H and O–H groups in total. The van der Waals surface area contributed by atoms with Crippen LogP contribution in [-0.4, -0.2) is 19.0 Å². The molecular formula is C48H30I2N4O4. The number of nitrogens with zero attached hydrogens (tertiary/aromatic N) is 4. The SMILES string of the molecule is Cn1c2c(c3cc([N+](=O)[O-])ccc31)C1(C(I)=C2)c2ccccc2-c2ccccc21.Cn1c2c(c3cc([N+](=O)[O-])ccc31)C1(C(I)=C2)c2ccccc2-c2ccccc21. The number of halogens is 2. The average molecular weight is 981 g/mol. The van der Waals surface area contributed by atoms with Crippen LogP contribution in [0.2, 0.25) is 0 Å². The fraction of sp³-hybridized carbons (Fsp3) is 0.0833. The molecule has 58 heavy (non-hydrogen) atoms. The van der Waals surface area contributed by atoms with Crippen LogP contribution in [0.5, 0.6) is 0 Å². The van der Waals surface area contributed by atoms with Crippen LogP contribution in [0.15, 0.2) is 141 Å². The van der Waals surface area contributed by atoms with Crippen molar-refractivity contribution in [1.82, 2.24) is 9.13 Å². The molecule has 0 radical (unpaired) electrons. The van der Waals surface area contributed by atoms with Crippen molar-refractivity contribution in [3.63, 3.8) is 0 Å². The summed E-state index contributed by atoms with van der Waals surface area (Å²) in [5, 5.41) is 24.9. The van der Waals surface area contributed by atoms with Gasteiger partial charge in [-0.05, 0) is 114 Å². The van der Waals surface area contributed by atoms with Crippen molar-refractivity contribution in [1.29, 1.82) is 0 Å². The molecule has 0 amide bonds. The first-order valence-corrected chi connectivity index (χ1v) is 20.9. The van der Waals surface area contributed by atoms with Crippen LogP contribution in [0.25, 0.3) is 56.2 Å². The first-order chi connectivity index (χ1) is 28.1. The highest BCUT2D eigenvalue weighted by Crippen LogP contribution is 2.65. The van der Waals surface area contributed by atoms with Gasteiger partial charge in [-0.25, -0.2) is 0 Å². The van der Waals surface area contributed by atoms with Gasteiger partial charge in [0.05, 0.1) is 20.7 Å². The topological polar surface area (TPSA) is 96.1 Å². The lowest BCUT2D eigenvalue weighted by atomic mass is 9.74. The second kappa shape index (κ2) is 12.3. The van der Waals surface area contributed by atoms with E-state index in [0.717, 1.165) is 44.3 Å². The molecule has 0 saturated heterocycles. The van der Waals surface area contributed by atoms with Gasteiger partial charge in [0.2, 0.25) is 0 Å². The number of fused-ring (bicyclic) bond motifs is 18. The minimum Gasteiger partial charge on any atom is -0.344 e. The molecule has 0 bridgehead atoms. The zero-order chi connectivity index (χ0) is 39.8. The molecule has 0 atom stereocenters. The molecule has 4 aliphatic rings. The fourth-order valence-electron chi connectivity index (χ4n) is 10.5. The van der Waals surface area contributed by atoms with Crippen LogP contribution >= 0.6 is 45.2 Å². The molecule has 2 spiro atoms. The quantitative estimate of drug-likeness (QED) is 0.0979. The van der Waals surface area contributed by atoms with Crippen molar-refractivity contribution in [3.8, 4) is 22.3 Å². The van der Waals surface area contributed by atoms with Crippen LogP contribution in [0, 0.1) is 20.2 Å². The van der Waals surface area contributed by atoms with Crippen LogP contribution in [-0.2, 0) is 24.9 Å². The van der Waals surface area contributed by atoms with E-state index >= 15 is 0 Å². The molecule has 0 fully saturated rings. The van der Waals surface area contributed by atoms with E-state index in [1.807, 2.05) is 26.2 Å². The summed E-state index contributed by atoms with van der Waals surface area (Å²) in [5.74, 6) is 0. The van der Waals surface area contributed by atoms with Crippen molar-refractivity contribution in [2.45, 2.75) is 10.8 Å². The van der Waals surface area contributed by atoms with Crippen molar-refractivity contribution in [2.24, 2.45) is 14.1 Å². The molecule has 12 rings (SSSR count). The standard InChI is InChI=1S/2C24H15IN2O2/c2*1-26-20-11-10-14(27(28)29)12-17(20)23-21(26)13-22(25)24(23)18-8-4-2-6-15(18)16-7-3-5-9-19(16)24/h2*2-13H,1H3. The van der Waals surface area contributed by atoms with Gasteiger partial charge in [-0.1, -0.05) is 97.1 Å². The Kier molecular flexibility index (Phi) is 7.50. The summed E-state index contributed by atoms with van der Waals surface area (Å²) in [6.07, 6.45) is 4.47. The fourth-order valence-corrected chi connectivity index (χ4v) is 12.8. The third kappa shape index (κ3) is 4.28. The maximum Gasteiger partial charge on any atom is 0.270 e. The maximum atomic E-state index is 11.5. The molecular weight excluding hydrogens is 950 g/mol. The largest absolute Gasteiger partial charge is 0.344 e. The number of allylic oxidation sites excluding steroid dienone is 2. The van der Waals surface area contributed by atoms with Gasteiger partial charge in [-0.3, -0.25) is 20.2 Å². The highest BCUT2D eigenvalue weighted by molar-refractivity contribution is 14.1. The number of rotatable bonds is 2. The maximum absolute atomic E-state index is 11.5. The van der Waals surface area contributed by atoms with Gasteiger partial charge in [0.25, 0.3) is 11.4 Å². The molecule has 10 heteroatoms. The summed E-state index contributed by atoms with van der Waals surface area (Å²) in [7, 11) is 4.08. The number of nitro groups is 2. The number of benzene rings is 6. The number of hydrogen-bond acceptors (Lipinski definition) is 4. The van der Waals surface area contributed by atoms with E-state index in [1.54, 1.807) is 24.3 Å². The Balaban J connectivity index is 0.000000133. The molecule has 2 heterocycles. The van der Waals surface area contributed by atoms with E-state index in [-0.39, 0.29) is 21.2 Å². The van der Waals surface area contributed by atoms with Gasteiger partial charge in [-0.2, -0.15) is 0 Å². The highest BCUT2D eigenvalue weighted by atomic mass is 127. The summed E-state index contributed by atoms with van der Waals surface area (Å²) < 4.78 is 6.76. The lowest BCUT2D eigenvalue weighted by Crippen LogP contribution is -2.25. The first-order valence-electron chi connectivity index (χ1n) is 18.8. The van der Waals surface area contributed by atoms with E-state index in [0.29, 0.717) is 0 Å². The Morgan fingerprint density at radius 1 is 0.483 bits per heavy atom. The predicted molar refractivity (Wildman–Crippen MR) is 247 cm³/mol. The molecule has 0 saturated carbocycles. The van der Waals surface area contributed by atoms with Gasteiger partial charge in [-0.15, -0.1) is 0 Å². The van der Waals surface area contributed by atoms with Crippen molar-refractivity contribution >= 4 is 90.5 Å². The molecule has 8 nitrogen and oxygen atoms in total. The first kappa shape index (κ1) is 35.3. The van der Waals surface area contributed by atoms with Crippen molar-refractivity contribution in [2.75, 3.05) is 0 Å². The predicted octanol–water partition coefficient (Wildman–Crippen LogP) is 12.4. The summed E-state index contributed by atoms with van der Waals surface area (Å²) >= 11 is 4.92. The smallest absolute Gasteiger partial charge is 0.270 e. The minimum atomic E-state index is -0.419. The van der Waals surface area contributed by atoms with E-state index in [4.69, 9.17) is 0 Å². The van der Waals surface area contributed by atoms with E-state index in [1.165, 1.54) is 51.7 Å². The van der Waals surface area contributed by atoms with E-state index < -0.39 is 10.8 Å². The number of hydrogen-bond donors (Lipinski definition) is 0. The summed E-state index contributed by atoms with van der Waals surface area (Å²) in [6, 6.07) is 44.6. The van der Waals surface area contributed by atoms with Gasteiger partial charge in [0, 0.05) is 89.8 Å². The van der Waals surface area contributed by atoms with Crippen LogP contribution in [0.4, 0.5) is 11.4 Å². The zero-order valence-corrected chi connectivity index (χ0v) is 35.3. The number of aryl methyl sites for hydroxylation is 2. The third-order valence-corrected chi connectivity index (χ3v) is 15.0. The summed E-state index contributed by atoms with van der Waals surface area (Å²) in [6.45, 7) is 0. The second-order valence-corrected chi connectivity index (χ2v) is 17.5. The summed E-state index contributed by atoms with van der Waals surface area (Å²) in [5.41, 5.74) is 15.9. The van der Waals surface area contributed by atoms with Crippen molar-refractivity contribution in [3.05, 3.63) is 206 Å². The monoisotopic (exact) mass is 980 g/mol. The van der Waals surface area contributed by atoms with Crippen LogP contribution in [0.1, 0.15) is 44.8 Å². The lowest BCUT2D eigenvalue weighted by molar-refractivity contribution is -0.384. The van der Waals surface area contributed by atoms with Gasteiger partial charge >= 0.3 is 0 Å². The second-order valence-electron chi connectivity index (χ2n) is 15.2. The number of nitro benzene ring substituents is 2. The lowest BCUT2D eigenvalue weighted by Gasteiger charge is -2.29. The molecule has 280 valence electrons. The van der Waals surface area contributed by atoms with Crippen molar-refractivity contribution < 1.29 is 9.85 Å². The molecule has 2 aromatic heterocycles. The Morgan fingerprint density at radius 3 is 1.10 bits per heavy atom. The molecule has 0 aliphatic heterocycles. The van der Waals surface area contributed by atoms with Crippen LogP contribution < -0.4 is 0 Å². The Bertz CT molecular complexity index is 2950. The van der Waals surface area contributed by atoms with E-state index in [2.05, 4.69) is 164 Å². The van der Waals surface area contributed by atoms with Gasteiger partial charge < -0.3 is 9.13 Å². The van der Waals surface area contributed by atoms with Gasteiger partial charge in [0.15, 0.2) is 0 Å². The minimum absolute atomic E-state index is 0.127. The number of aromatic nitrogens is 2. The Hall–Kier alpha value is -5.86. The average Bonchev–Trinajstić information content (AvgIpc) is 4.03. The zero-order valence-electron chi connectivity index (χ0n) is 31.0.